The zero-order valence-electron chi connectivity index (χ0n) is 10.8. The predicted molar refractivity (Wildman–Crippen MR) is 73.0 cm³/mol. The third-order valence-corrected chi connectivity index (χ3v) is 3.78. The van der Waals surface area contributed by atoms with Gasteiger partial charge in [0.1, 0.15) is 19.6 Å². The minimum Gasteiger partial charge on any atom is -0.320 e. The van der Waals surface area contributed by atoms with Gasteiger partial charge in [-0.3, -0.25) is 0 Å². The summed E-state index contributed by atoms with van der Waals surface area (Å²) in [6, 6.07) is 11.0. The van der Waals surface area contributed by atoms with E-state index >= 15 is 0 Å². The maximum Gasteiger partial charge on any atom is 0.199 e. The third-order valence-electron chi connectivity index (χ3n) is 3.78. The van der Waals surface area contributed by atoms with Crippen LogP contribution in [0.4, 0.5) is 0 Å². The summed E-state index contributed by atoms with van der Waals surface area (Å²) in [7, 11) is 2.11. The van der Waals surface area contributed by atoms with E-state index in [4.69, 9.17) is 12.8 Å². The normalized spacial score (nSPS) is 31.3. The van der Waals surface area contributed by atoms with Crippen molar-refractivity contribution in [3.63, 3.8) is 0 Å². The van der Waals surface area contributed by atoms with Crippen molar-refractivity contribution in [1.82, 2.24) is 0 Å². The summed E-state index contributed by atoms with van der Waals surface area (Å²) in [5.41, 5.74) is 1.35. The molecule has 0 radical (unpaired) electrons. The molecule has 1 saturated heterocycles. The van der Waals surface area contributed by atoms with Crippen molar-refractivity contribution in [2.24, 2.45) is 0 Å². The van der Waals surface area contributed by atoms with Gasteiger partial charge in [0.15, 0.2) is 12.1 Å². The predicted octanol–water partition coefficient (Wildman–Crippen LogP) is -1.40. The Hall–Kier alpha value is -1.74. The summed E-state index contributed by atoms with van der Waals surface area (Å²) in [6.07, 6.45) is 11.2. The highest BCUT2D eigenvalue weighted by Crippen LogP contribution is 1.96. The zero-order valence-corrected chi connectivity index (χ0v) is 10.8. The monoisotopic (exact) mass is 240 g/mol. The molecule has 2 rings (SSSR count). The molecule has 92 valence electrons. The lowest BCUT2D eigenvalue weighted by Gasteiger charge is -2.35. The van der Waals surface area contributed by atoms with Crippen LogP contribution in [0.1, 0.15) is 5.56 Å². The Morgan fingerprint density at radius 3 is 2.17 bits per heavy atom. The molecule has 0 unspecified atom stereocenters. The second-order valence-corrected chi connectivity index (χ2v) is 5.00. The van der Waals surface area contributed by atoms with E-state index in [0.29, 0.717) is 0 Å². The molecule has 1 aliphatic heterocycles. The molecule has 2 atom stereocenters. The lowest BCUT2D eigenvalue weighted by molar-refractivity contribution is -1.03. The van der Waals surface area contributed by atoms with Gasteiger partial charge in [0.05, 0.1) is 7.05 Å². The SMILES string of the molecule is C#C[C@@H]1C[NH+](Cc2ccccc2)C[C@@H](C#C)[NH+]1C. The number of nitrogens with one attached hydrogen (secondary N) is 2. The Morgan fingerprint density at radius 2 is 1.67 bits per heavy atom. The van der Waals surface area contributed by atoms with Gasteiger partial charge in [0.25, 0.3) is 0 Å². The average Bonchev–Trinajstić information content (AvgIpc) is 2.41. The molecule has 1 aromatic carbocycles. The second-order valence-electron chi connectivity index (χ2n) is 5.00. The number of likely N-dealkylation sites (N-methyl/N-ethyl adjacent to an activating group) is 1. The van der Waals surface area contributed by atoms with Gasteiger partial charge in [-0.25, -0.2) is 0 Å². The van der Waals surface area contributed by atoms with Crippen LogP contribution in [0.25, 0.3) is 0 Å². The molecule has 2 heteroatoms. The fourth-order valence-corrected chi connectivity index (χ4v) is 2.64. The zero-order chi connectivity index (χ0) is 13.0. The van der Waals surface area contributed by atoms with E-state index in [1.807, 2.05) is 6.07 Å². The van der Waals surface area contributed by atoms with Crippen molar-refractivity contribution in [1.29, 1.82) is 0 Å². The first-order chi connectivity index (χ1) is 8.74. The van der Waals surface area contributed by atoms with E-state index in [9.17, 15) is 0 Å². The molecule has 1 fully saturated rings. The molecule has 2 N–H and O–H groups in total. The first-order valence-electron chi connectivity index (χ1n) is 6.37. The van der Waals surface area contributed by atoms with E-state index in [2.05, 4.69) is 43.2 Å². The van der Waals surface area contributed by atoms with Crippen LogP contribution in [0.15, 0.2) is 30.3 Å². The Balaban J connectivity index is 2.07. The number of terminal acetylenes is 2. The van der Waals surface area contributed by atoms with E-state index < -0.39 is 0 Å². The molecule has 0 saturated carbocycles. The second kappa shape index (κ2) is 5.74. The van der Waals surface area contributed by atoms with Crippen LogP contribution in [0.2, 0.25) is 0 Å². The van der Waals surface area contributed by atoms with Gasteiger partial charge in [-0.15, -0.1) is 12.8 Å². The number of piperazine rings is 1. The smallest absolute Gasteiger partial charge is 0.199 e. The Morgan fingerprint density at radius 1 is 1.11 bits per heavy atom. The highest BCUT2D eigenvalue weighted by Gasteiger charge is 2.36. The van der Waals surface area contributed by atoms with Crippen molar-refractivity contribution in [3.8, 4) is 24.7 Å². The lowest BCUT2D eigenvalue weighted by atomic mass is 10.1. The van der Waals surface area contributed by atoms with E-state index in [1.54, 1.807) is 0 Å². The molecule has 0 spiro atoms. The van der Waals surface area contributed by atoms with Gasteiger partial charge in [-0.05, 0) is 11.8 Å². The van der Waals surface area contributed by atoms with Crippen LogP contribution in [0.3, 0.4) is 0 Å². The fourth-order valence-electron chi connectivity index (χ4n) is 2.64. The molecule has 1 aromatic rings. The van der Waals surface area contributed by atoms with Crippen molar-refractivity contribution in [2.75, 3.05) is 20.1 Å². The third kappa shape index (κ3) is 2.74. The number of hydrogen-bond donors (Lipinski definition) is 2. The van der Waals surface area contributed by atoms with Gasteiger partial charge in [-0.2, -0.15) is 0 Å². The first kappa shape index (κ1) is 12.7. The minimum absolute atomic E-state index is 0.221. The highest BCUT2D eigenvalue weighted by molar-refractivity contribution is 5.13. The van der Waals surface area contributed by atoms with Gasteiger partial charge >= 0.3 is 0 Å². The molecule has 1 aliphatic rings. The van der Waals surface area contributed by atoms with Gasteiger partial charge in [0.2, 0.25) is 0 Å². The molecule has 2 nitrogen and oxygen atoms in total. The highest BCUT2D eigenvalue weighted by atomic mass is 15.3. The van der Waals surface area contributed by atoms with Crippen LogP contribution >= 0.6 is 0 Å². The summed E-state index contributed by atoms with van der Waals surface area (Å²) < 4.78 is 0. The average molecular weight is 240 g/mol. The number of hydrogen-bond acceptors (Lipinski definition) is 0. The molecule has 0 amide bonds. The molecule has 18 heavy (non-hydrogen) atoms. The fraction of sp³-hybridized carbons (Fsp3) is 0.375. The summed E-state index contributed by atoms with van der Waals surface area (Å²) in [5.74, 6) is 5.76. The molecule has 1 heterocycles. The van der Waals surface area contributed by atoms with Crippen molar-refractivity contribution < 1.29 is 9.80 Å². The van der Waals surface area contributed by atoms with E-state index in [0.717, 1.165) is 19.6 Å². The maximum atomic E-state index is 5.61. The van der Waals surface area contributed by atoms with Crippen LogP contribution < -0.4 is 9.80 Å². The summed E-state index contributed by atoms with van der Waals surface area (Å²) in [6.45, 7) is 3.00. The topological polar surface area (TPSA) is 8.88 Å². The molecule has 0 bridgehead atoms. The molecular weight excluding hydrogens is 220 g/mol. The maximum absolute atomic E-state index is 5.61. The lowest BCUT2D eigenvalue weighted by Crippen LogP contribution is -3.31. The Kier molecular flexibility index (Phi) is 4.05. The summed E-state index contributed by atoms with van der Waals surface area (Å²) in [5, 5.41) is 0. The quantitative estimate of drug-likeness (QED) is 0.589. The van der Waals surface area contributed by atoms with Crippen LogP contribution in [-0.2, 0) is 6.54 Å². The van der Waals surface area contributed by atoms with Crippen LogP contribution in [0.5, 0.6) is 0 Å². The van der Waals surface area contributed by atoms with Crippen molar-refractivity contribution in [3.05, 3.63) is 35.9 Å². The molecule has 0 aromatic heterocycles. The summed E-state index contributed by atoms with van der Waals surface area (Å²) >= 11 is 0. The largest absolute Gasteiger partial charge is 0.320 e. The summed E-state index contributed by atoms with van der Waals surface area (Å²) in [4.78, 5) is 2.77. The number of rotatable bonds is 2. The Bertz CT molecular complexity index is 442. The van der Waals surface area contributed by atoms with Crippen LogP contribution in [0, 0.1) is 24.7 Å². The number of quaternary nitrogens is 2. The van der Waals surface area contributed by atoms with Crippen molar-refractivity contribution in [2.45, 2.75) is 18.6 Å². The Labute approximate surface area is 110 Å². The first-order valence-corrected chi connectivity index (χ1v) is 6.37. The molecular formula is C16H20N2+2. The number of benzene rings is 1. The minimum atomic E-state index is 0.221. The van der Waals surface area contributed by atoms with Gasteiger partial charge in [0, 0.05) is 5.56 Å². The van der Waals surface area contributed by atoms with Crippen molar-refractivity contribution >= 4 is 0 Å². The van der Waals surface area contributed by atoms with E-state index in [-0.39, 0.29) is 12.1 Å². The van der Waals surface area contributed by atoms with Gasteiger partial charge in [-0.1, -0.05) is 30.3 Å². The van der Waals surface area contributed by atoms with Crippen LogP contribution in [-0.4, -0.2) is 32.2 Å². The van der Waals surface area contributed by atoms with E-state index in [1.165, 1.54) is 15.4 Å². The van der Waals surface area contributed by atoms with Gasteiger partial charge < -0.3 is 9.80 Å². The molecule has 0 aliphatic carbocycles. The standard InChI is InChI=1S/C16H18N2/c1-4-15-12-18(13-16(5-2)17(15)3)11-14-9-7-6-8-10-14/h1-2,6-10,15-16H,11-13H2,3H3/p+2/t15-,16-/m1/s1.